The summed E-state index contributed by atoms with van der Waals surface area (Å²) < 4.78 is 4.26. The fourth-order valence-corrected chi connectivity index (χ4v) is 0.358. The maximum atomic E-state index is 9.96. The molecule has 0 aliphatic carbocycles. The van der Waals surface area contributed by atoms with Gasteiger partial charge in [0.2, 0.25) is 0 Å². The van der Waals surface area contributed by atoms with Crippen LogP contribution in [0.5, 0.6) is 0 Å². The van der Waals surface area contributed by atoms with Crippen LogP contribution in [-0.4, -0.2) is 24.2 Å². The average Bonchev–Trinajstić information content (AvgIpc) is 2.04. The predicted octanol–water partition coefficient (Wildman–Crippen LogP) is 1.44. The van der Waals surface area contributed by atoms with E-state index in [2.05, 4.69) is 4.74 Å². The number of esters is 1. The Morgan fingerprint density at radius 1 is 1.33 bits per heavy atom. The van der Waals surface area contributed by atoms with Crippen molar-refractivity contribution in [1.82, 2.24) is 0 Å². The Kier molecular flexibility index (Phi) is 11.2. The third kappa shape index (κ3) is 16.0. The van der Waals surface area contributed by atoms with Crippen LogP contribution in [0.3, 0.4) is 0 Å². The van der Waals surface area contributed by atoms with Crippen LogP contribution in [0.1, 0.15) is 33.1 Å². The lowest BCUT2D eigenvalue weighted by Crippen LogP contribution is -1.94. The van der Waals surface area contributed by atoms with Gasteiger partial charge < -0.3 is 9.84 Å². The van der Waals surface area contributed by atoms with Crippen LogP contribution >= 0.6 is 0 Å². The summed E-state index contributed by atoms with van der Waals surface area (Å²) in [5, 5.41) is 7.91. The van der Waals surface area contributed by atoms with Gasteiger partial charge in [0.1, 0.15) is 0 Å². The molecular weight excluding hydrogens is 160 g/mol. The smallest absolute Gasteiger partial charge is 0.305 e. The summed E-state index contributed by atoms with van der Waals surface area (Å²) in [7, 11) is 1.38. The van der Waals surface area contributed by atoms with E-state index < -0.39 is 5.97 Å². The molecule has 0 aliphatic rings. The summed E-state index contributed by atoms with van der Waals surface area (Å²) in [6.07, 6.45) is 1.49. The number of methoxy groups -OCH3 is 1. The van der Waals surface area contributed by atoms with E-state index in [1.807, 2.05) is 6.92 Å². The van der Waals surface area contributed by atoms with Gasteiger partial charge in [-0.05, 0) is 6.42 Å². The van der Waals surface area contributed by atoms with Crippen LogP contribution in [0, 0.1) is 0 Å². The molecule has 72 valence electrons. The molecule has 0 bridgehead atoms. The largest absolute Gasteiger partial charge is 0.481 e. The zero-order valence-electron chi connectivity index (χ0n) is 7.79. The topological polar surface area (TPSA) is 63.6 Å². The van der Waals surface area contributed by atoms with Gasteiger partial charge in [-0.3, -0.25) is 9.59 Å². The molecule has 0 amide bonds. The molecule has 0 heterocycles. The van der Waals surface area contributed by atoms with Gasteiger partial charge >= 0.3 is 11.9 Å². The Balaban J connectivity index is 0. The molecule has 0 aromatic heterocycles. The highest BCUT2D eigenvalue weighted by atomic mass is 16.5. The highest BCUT2D eigenvalue weighted by molar-refractivity contribution is 5.68. The minimum atomic E-state index is -0.711. The summed E-state index contributed by atoms with van der Waals surface area (Å²) in [6.45, 7) is 3.60. The Hall–Kier alpha value is -1.06. The van der Waals surface area contributed by atoms with Gasteiger partial charge in [-0.15, -0.1) is 0 Å². The molecule has 4 heteroatoms. The van der Waals surface area contributed by atoms with Crippen molar-refractivity contribution in [3.05, 3.63) is 0 Å². The second kappa shape index (κ2) is 9.94. The van der Waals surface area contributed by atoms with Crippen LogP contribution in [0.25, 0.3) is 0 Å². The lowest BCUT2D eigenvalue weighted by molar-refractivity contribution is -0.140. The third-order valence-corrected chi connectivity index (χ3v) is 0.980. The molecule has 0 aromatic carbocycles. The van der Waals surface area contributed by atoms with Crippen molar-refractivity contribution >= 4 is 11.9 Å². The first-order chi connectivity index (χ1) is 5.58. The summed E-state index contributed by atoms with van der Waals surface area (Å²) in [5.74, 6) is -0.868. The lowest BCUT2D eigenvalue weighted by Gasteiger charge is -1.87. The van der Waals surface area contributed by atoms with Crippen molar-refractivity contribution in [1.29, 1.82) is 0 Å². The van der Waals surface area contributed by atoms with Gasteiger partial charge in [0, 0.05) is 12.8 Å². The summed E-state index contributed by atoms with van der Waals surface area (Å²) in [4.78, 5) is 19.6. The summed E-state index contributed by atoms with van der Waals surface area (Å²) >= 11 is 0. The maximum Gasteiger partial charge on any atom is 0.305 e. The van der Waals surface area contributed by atoms with Crippen molar-refractivity contribution in [3.63, 3.8) is 0 Å². The predicted molar refractivity (Wildman–Crippen MR) is 44.9 cm³/mol. The fraction of sp³-hybridized carbons (Fsp3) is 0.750. The Morgan fingerprint density at radius 3 is 1.83 bits per heavy atom. The SMILES string of the molecule is CCC(=O)OC.CCCC(=O)O. The van der Waals surface area contributed by atoms with Crippen LogP contribution in [0.2, 0.25) is 0 Å². The number of ether oxygens (including phenoxy) is 1. The average molecular weight is 176 g/mol. The lowest BCUT2D eigenvalue weighted by atomic mass is 10.4. The van der Waals surface area contributed by atoms with E-state index in [0.717, 1.165) is 6.42 Å². The molecule has 0 radical (unpaired) electrons. The van der Waals surface area contributed by atoms with E-state index in [1.165, 1.54) is 7.11 Å². The Morgan fingerprint density at radius 2 is 1.83 bits per heavy atom. The number of hydrogen-bond acceptors (Lipinski definition) is 3. The molecule has 12 heavy (non-hydrogen) atoms. The van der Waals surface area contributed by atoms with Gasteiger partial charge in [-0.25, -0.2) is 0 Å². The third-order valence-electron chi connectivity index (χ3n) is 0.980. The maximum absolute atomic E-state index is 9.96. The minimum absolute atomic E-state index is 0.157. The Labute approximate surface area is 72.5 Å². The molecule has 4 nitrogen and oxygen atoms in total. The molecule has 0 atom stereocenters. The molecule has 0 rings (SSSR count). The van der Waals surface area contributed by atoms with E-state index >= 15 is 0 Å². The highest BCUT2D eigenvalue weighted by Gasteiger charge is 1.88. The zero-order valence-corrected chi connectivity index (χ0v) is 7.79. The number of carboxylic acids is 1. The molecule has 0 saturated carbocycles. The van der Waals surface area contributed by atoms with Gasteiger partial charge in [0.15, 0.2) is 0 Å². The molecule has 0 unspecified atom stereocenters. The van der Waals surface area contributed by atoms with Crippen LogP contribution in [0.4, 0.5) is 0 Å². The van der Waals surface area contributed by atoms with Crippen LogP contribution in [-0.2, 0) is 14.3 Å². The highest BCUT2D eigenvalue weighted by Crippen LogP contribution is 1.82. The molecular formula is C8H16O4. The van der Waals surface area contributed by atoms with E-state index in [-0.39, 0.29) is 5.97 Å². The molecule has 0 aliphatic heterocycles. The van der Waals surface area contributed by atoms with E-state index in [4.69, 9.17) is 5.11 Å². The van der Waals surface area contributed by atoms with E-state index in [0.29, 0.717) is 12.8 Å². The number of rotatable bonds is 3. The summed E-state index contributed by atoms with van der Waals surface area (Å²) in [5.41, 5.74) is 0. The number of carboxylic acid groups (broad SMARTS) is 1. The van der Waals surface area contributed by atoms with Gasteiger partial charge in [-0.1, -0.05) is 13.8 Å². The minimum Gasteiger partial charge on any atom is -0.481 e. The van der Waals surface area contributed by atoms with Crippen molar-refractivity contribution in [2.75, 3.05) is 7.11 Å². The first kappa shape index (κ1) is 13.5. The van der Waals surface area contributed by atoms with E-state index in [9.17, 15) is 9.59 Å². The molecule has 1 N–H and O–H groups in total. The van der Waals surface area contributed by atoms with Gasteiger partial charge in [0.05, 0.1) is 7.11 Å². The molecule has 0 spiro atoms. The van der Waals surface area contributed by atoms with Crippen LogP contribution in [0.15, 0.2) is 0 Å². The number of aliphatic carboxylic acids is 1. The second-order valence-electron chi connectivity index (χ2n) is 2.07. The first-order valence-electron chi connectivity index (χ1n) is 3.87. The summed E-state index contributed by atoms with van der Waals surface area (Å²) in [6, 6.07) is 0. The molecule has 0 saturated heterocycles. The van der Waals surface area contributed by atoms with Gasteiger partial charge in [0.25, 0.3) is 0 Å². The van der Waals surface area contributed by atoms with Crippen molar-refractivity contribution < 1.29 is 19.4 Å². The zero-order chi connectivity index (χ0) is 9.98. The van der Waals surface area contributed by atoms with Crippen LogP contribution < -0.4 is 0 Å². The van der Waals surface area contributed by atoms with Crippen molar-refractivity contribution in [2.24, 2.45) is 0 Å². The molecule has 0 fully saturated rings. The number of hydrogen-bond donors (Lipinski definition) is 1. The van der Waals surface area contributed by atoms with Crippen molar-refractivity contribution in [3.8, 4) is 0 Å². The quantitative estimate of drug-likeness (QED) is 0.661. The Bertz CT molecular complexity index is 125. The van der Waals surface area contributed by atoms with Crippen molar-refractivity contribution in [2.45, 2.75) is 33.1 Å². The van der Waals surface area contributed by atoms with E-state index in [1.54, 1.807) is 6.92 Å². The second-order valence-corrected chi connectivity index (χ2v) is 2.07. The monoisotopic (exact) mass is 176 g/mol. The number of carbonyl (C=O) groups is 2. The van der Waals surface area contributed by atoms with Gasteiger partial charge in [-0.2, -0.15) is 0 Å². The molecule has 0 aromatic rings. The fourth-order valence-electron chi connectivity index (χ4n) is 0.358. The standard InChI is InChI=1S/2C4H8O2/c1-3-4(5)6-2;1-2-3-4(5)6/h3H2,1-2H3;2-3H2,1H3,(H,5,6). The normalized spacial score (nSPS) is 7.92. The number of carbonyl (C=O) groups excluding carboxylic acids is 1. The first-order valence-corrected chi connectivity index (χ1v) is 3.87.